The van der Waals surface area contributed by atoms with Crippen LogP contribution in [0.2, 0.25) is 0 Å². The predicted octanol–water partition coefficient (Wildman–Crippen LogP) is 1.40. The van der Waals surface area contributed by atoms with Crippen molar-refractivity contribution in [3.05, 3.63) is 53.9 Å². The number of amides is 1. The molecule has 21 heavy (non-hydrogen) atoms. The van der Waals surface area contributed by atoms with Crippen molar-refractivity contribution < 1.29 is 18.7 Å². The fourth-order valence-corrected chi connectivity index (χ4v) is 1.90. The van der Waals surface area contributed by atoms with E-state index in [4.69, 9.17) is 0 Å². The molecule has 0 spiro atoms. The predicted molar refractivity (Wildman–Crippen MR) is 71.1 cm³/mol. The van der Waals surface area contributed by atoms with E-state index in [9.17, 15) is 18.7 Å². The summed E-state index contributed by atoms with van der Waals surface area (Å²) in [4.78, 5) is 11.8. The van der Waals surface area contributed by atoms with Gasteiger partial charge < -0.3 is 10.4 Å². The molecular formula is C14H15F2N3O2. The van der Waals surface area contributed by atoms with Crippen molar-refractivity contribution in [2.24, 2.45) is 0 Å². The molecule has 2 unspecified atom stereocenters. The topological polar surface area (TPSA) is 67.2 Å². The van der Waals surface area contributed by atoms with Crippen LogP contribution in [0.15, 0.2) is 36.7 Å². The molecule has 0 saturated carbocycles. The molecule has 5 nitrogen and oxygen atoms in total. The number of nitrogens with zero attached hydrogens (tertiary/aromatic N) is 2. The quantitative estimate of drug-likeness (QED) is 0.876. The monoisotopic (exact) mass is 295 g/mol. The van der Waals surface area contributed by atoms with Gasteiger partial charge in [-0.25, -0.2) is 8.78 Å². The first-order valence-corrected chi connectivity index (χ1v) is 6.37. The minimum absolute atomic E-state index is 0.0157. The molecule has 0 aliphatic carbocycles. The summed E-state index contributed by atoms with van der Waals surface area (Å²) in [6.45, 7) is 1.59. The van der Waals surface area contributed by atoms with E-state index in [0.717, 1.165) is 12.1 Å². The normalized spacial score (nSPS) is 13.7. The van der Waals surface area contributed by atoms with Gasteiger partial charge in [0, 0.05) is 12.4 Å². The average Bonchev–Trinajstić information content (AvgIpc) is 2.93. The van der Waals surface area contributed by atoms with Gasteiger partial charge >= 0.3 is 0 Å². The summed E-state index contributed by atoms with van der Waals surface area (Å²) in [6, 6.07) is 4.16. The largest absolute Gasteiger partial charge is 0.386 e. The molecule has 2 atom stereocenters. The zero-order valence-electron chi connectivity index (χ0n) is 11.3. The summed E-state index contributed by atoms with van der Waals surface area (Å²) in [5.41, 5.74) is 0.195. The first-order chi connectivity index (χ1) is 9.97. The number of rotatable bonds is 5. The molecule has 1 amide bonds. The zero-order chi connectivity index (χ0) is 15.4. The molecule has 1 aromatic heterocycles. The summed E-state index contributed by atoms with van der Waals surface area (Å²) in [5.74, 6) is -2.37. The lowest BCUT2D eigenvalue weighted by molar-refractivity contribution is -0.123. The van der Waals surface area contributed by atoms with Crippen molar-refractivity contribution in [2.45, 2.75) is 25.6 Å². The molecule has 2 aromatic rings. The molecule has 0 radical (unpaired) electrons. The number of aromatic nitrogens is 2. The molecule has 1 aromatic carbocycles. The van der Waals surface area contributed by atoms with E-state index in [2.05, 4.69) is 10.4 Å². The van der Waals surface area contributed by atoms with Crippen molar-refractivity contribution in [3.63, 3.8) is 0 Å². The minimum Gasteiger partial charge on any atom is -0.386 e. The van der Waals surface area contributed by atoms with Crippen LogP contribution in [0.4, 0.5) is 8.78 Å². The second-order valence-corrected chi connectivity index (χ2v) is 4.68. The van der Waals surface area contributed by atoms with Gasteiger partial charge in [0.1, 0.15) is 6.54 Å². The van der Waals surface area contributed by atoms with Crippen LogP contribution >= 0.6 is 0 Å². The van der Waals surface area contributed by atoms with Gasteiger partial charge in [0.05, 0.1) is 12.1 Å². The van der Waals surface area contributed by atoms with Gasteiger partial charge in [-0.3, -0.25) is 9.48 Å². The number of benzene rings is 1. The van der Waals surface area contributed by atoms with E-state index in [1.165, 1.54) is 10.7 Å². The van der Waals surface area contributed by atoms with Crippen LogP contribution in [-0.2, 0) is 11.3 Å². The second kappa shape index (κ2) is 6.45. The highest BCUT2D eigenvalue weighted by Crippen LogP contribution is 2.19. The first kappa shape index (κ1) is 15.1. The Kier molecular flexibility index (Phi) is 4.64. The van der Waals surface area contributed by atoms with Crippen LogP contribution in [0, 0.1) is 11.6 Å². The molecule has 7 heteroatoms. The Hall–Kier alpha value is -2.28. The molecule has 0 bridgehead atoms. The first-order valence-electron chi connectivity index (χ1n) is 6.37. The molecule has 2 N–H and O–H groups in total. The smallest absolute Gasteiger partial charge is 0.242 e. The highest BCUT2D eigenvalue weighted by atomic mass is 19.2. The Bertz CT molecular complexity index is 617. The lowest BCUT2D eigenvalue weighted by atomic mass is 10.0. The Morgan fingerprint density at radius 2 is 2.19 bits per heavy atom. The Morgan fingerprint density at radius 1 is 1.43 bits per heavy atom. The van der Waals surface area contributed by atoms with Gasteiger partial charge in [-0.2, -0.15) is 5.10 Å². The van der Waals surface area contributed by atoms with Crippen LogP contribution < -0.4 is 5.32 Å². The van der Waals surface area contributed by atoms with E-state index in [-0.39, 0.29) is 18.0 Å². The number of hydrogen-bond donors (Lipinski definition) is 2. The Labute approximate surface area is 120 Å². The van der Waals surface area contributed by atoms with Crippen molar-refractivity contribution >= 4 is 5.91 Å². The van der Waals surface area contributed by atoms with Gasteiger partial charge in [0.25, 0.3) is 0 Å². The lowest BCUT2D eigenvalue weighted by Crippen LogP contribution is -2.39. The van der Waals surface area contributed by atoms with Gasteiger partial charge in [0.15, 0.2) is 11.6 Å². The third kappa shape index (κ3) is 3.85. The molecular weight excluding hydrogens is 280 g/mol. The zero-order valence-corrected chi connectivity index (χ0v) is 11.3. The van der Waals surface area contributed by atoms with Crippen LogP contribution in [0.5, 0.6) is 0 Å². The molecule has 112 valence electrons. The summed E-state index contributed by atoms with van der Waals surface area (Å²) in [7, 11) is 0. The highest BCUT2D eigenvalue weighted by Gasteiger charge is 2.19. The van der Waals surface area contributed by atoms with E-state index in [1.54, 1.807) is 25.4 Å². The number of nitrogens with one attached hydrogen (secondary N) is 1. The fourth-order valence-electron chi connectivity index (χ4n) is 1.90. The molecule has 0 fully saturated rings. The third-order valence-corrected chi connectivity index (χ3v) is 3.01. The van der Waals surface area contributed by atoms with E-state index >= 15 is 0 Å². The number of aliphatic hydroxyl groups excluding tert-OH is 1. The lowest BCUT2D eigenvalue weighted by Gasteiger charge is -2.20. The van der Waals surface area contributed by atoms with E-state index in [1.807, 2.05) is 0 Å². The maximum Gasteiger partial charge on any atom is 0.242 e. The summed E-state index contributed by atoms with van der Waals surface area (Å²) in [6.07, 6.45) is 2.05. The number of carbonyl (C=O) groups excluding carboxylic acids is 1. The summed E-state index contributed by atoms with van der Waals surface area (Å²) < 4.78 is 27.4. The maximum absolute atomic E-state index is 13.1. The standard InChI is InChI=1S/C14H15F2N3O2/c1-9(18-13(20)8-19-6-2-5-17-19)14(21)10-3-4-11(15)12(16)7-10/h2-7,9,14,21H,8H2,1H3,(H,18,20). The number of aliphatic hydroxyl groups is 1. The van der Waals surface area contributed by atoms with Crippen LogP contribution in [0.3, 0.4) is 0 Å². The molecule has 0 aliphatic heterocycles. The second-order valence-electron chi connectivity index (χ2n) is 4.68. The summed E-state index contributed by atoms with van der Waals surface area (Å²) >= 11 is 0. The molecule has 0 saturated heterocycles. The molecule has 1 heterocycles. The van der Waals surface area contributed by atoms with Crippen molar-refractivity contribution in [2.75, 3.05) is 0 Å². The fraction of sp³-hybridized carbons (Fsp3) is 0.286. The van der Waals surface area contributed by atoms with Crippen molar-refractivity contribution in [3.8, 4) is 0 Å². The van der Waals surface area contributed by atoms with Crippen LogP contribution in [0.25, 0.3) is 0 Å². The number of hydrogen-bond acceptors (Lipinski definition) is 3. The van der Waals surface area contributed by atoms with Crippen LogP contribution in [0.1, 0.15) is 18.6 Å². The van der Waals surface area contributed by atoms with Gasteiger partial charge in [-0.1, -0.05) is 6.07 Å². The minimum atomic E-state index is -1.14. The number of carbonyl (C=O) groups is 1. The molecule has 2 rings (SSSR count). The third-order valence-electron chi connectivity index (χ3n) is 3.01. The van der Waals surface area contributed by atoms with Gasteiger partial charge in [0.2, 0.25) is 5.91 Å². The van der Waals surface area contributed by atoms with E-state index < -0.39 is 23.8 Å². The Morgan fingerprint density at radius 3 is 2.81 bits per heavy atom. The molecule has 0 aliphatic rings. The van der Waals surface area contributed by atoms with Crippen molar-refractivity contribution in [1.29, 1.82) is 0 Å². The van der Waals surface area contributed by atoms with E-state index in [0.29, 0.717) is 0 Å². The van der Waals surface area contributed by atoms with Gasteiger partial charge in [-0.05, 0) is 30.7 Å². The van der Waals surface area contributed by atoms with Crippen LogP contribution in [-0.4, -0.2) is 26.8 Å². The van der Waals surface area contributed by atoms with Gasteiger partial charge in [-0.15, -0.1) is 0 Å². The Balaban J connectivity index is 1.96. The van der Waals surface area contributed by atoms with Crippen molar-refractivity contribution in [1.82, 2.24) is 15.1 Å². The highest BCUT2D eigenvalue weighted by molar-refractivity contribution is 5.76. The average molecular weight is 295 g/mol. The maximum atomic E-state index is 13.1. The SMILES string of the molecule is CC(NC(=O)Cn1cccn1)C(O)c1ccc(F)c(F)c1. The number of halogens is 2. The summed E-state index contributed by atoms with van der Waals surface area (Å²) in [5, 5.41) is 16.5.